The zero-order valence-electron chi connectivity index (χ0n) is 8.46. The summed E-state index contributed by atoms with van der Waals surface area (Å²) in [4.78, 5) is 4.09. The van der Waals surface area contributed by atoms with Crippen LogP contribution in [0.2, 0.25) is 0 Å². The topological polar surface area (TPSA) is 48.1 Å². The SMILES string of the molecule is CCC(C)(N)COc1ncccc1Br. The van der Waals surface area contributed by atoms with Crippen molar-refractivity contribution in [3.05, 3.63) is 22.8 Å². The van der Waals surface area contributed by atoms with Crippen molar-refractivity contribution in [2.45, 2.75) is 25.8 Å². The Labute approximate surface area is 92.8 Å². The molecule has 2 N–H and O–H groups in total. The number of halogens is 1. The van der Waals surface area contributed by atoms with Gasteiger partial charge in [0.1, 0.15) is 6.61 Å². The molecule has 0 saturated heterocycles. The third-order valence-corrected chi connectivity index (χ3v) is 2.67. The molecule has 1 aromatic heterocycles. The average molecular weight is 259 g/mol. The van der Waals surface area contributed by atoms with Gasteiger partial charge in [0, 0.05) is 11.7 Å². The highest BCUT2D eigenvalue weighted by molar-refractivity contribution is 9.10. The minimum absolute atomic E-state index is 0.295. The summed E-state index contributed by atoms with van der Waals surface area (Å²) in [7, 11) is 0. The summed E-state index contributed by atoms with van der Waals surface area (Å²) >= 11 is 3.36. The van der Waals surface area contributed by atoms with E-state index in [9.17, 15) is 0 Å². The van der Waals surface area contributed by atoms with Gasteiger partial charge in [-0.1, -0.05) is 6.92 Å². The molecular weight excluding hydrogens is 244 g/mol. The van der Waals surface area contributed by atoms with Crippen LogP contribution in [0.5, 0.6) is 5.88 Å². The fourth-order valence-electron chi connectivity index (χ4n) is 0.813. The van der Waals surface area contributed by atoms with E-state index in [1.54, 1.807) is 6.20 Å². The van der Waals surface area contributed by atoms with Gasteiger partial charge < -0.3 is 10.5 Å². The Morgan fingerprint density at radius 1 is 1.64 bits per heavy atom. The summed E-state index contributed by atoms with van der Waals surface area (Å²) in [6.07, 6.45) is 2.57. The second-order valence-electron chi connectivity index (χ2n) is 3.59. The highest BCUT2D eigenvalue weighted by atomic mass is 79.9. The Balaban J connectivity index is 2.58. The van der Waals surface area contributed by atoms with E-state index in [-0.39, 0.29) is 5.54 Å². The molecule has 0 aromatic carbocycles. The summed E-state index contributed by atoms with van der Waals surface area (Å²) in [5.41, 5.74) is 5.65. The number of hydrogen-bond acceptors (Lipinski definition) is 3. The molecule has 4 heteroatoms. The van der Waals surface area contributed by atoms with Crippen molar-refractivity contribution < 1.29 is 4.74 Å². The van der Waals surface area contributed by atoms with Gasteiger partial charge in [-0.05, 0) is 41.4 Å². The minimum Gasteiger partial charge on any atom is -0.475 e. The van der Waals surface area contributed by atoms with Crippen molar-refractivity contribution >= 4 is 15.9 Å². The van der Waals surface area contributed by atoms with Crippen molar-refractivity contribution in [3.63, 3.8) is 0 Å². The second-order valence-corrected chi connectivity index (χ2v) is 4.44. The van der Waals surface area contributed by atoms with Crippen LogP contribution >= 0.6 is 15.9 Å². The number of nitrogens with zero attached hydrogens (tertiary/aromatic N) is 1. The number of aromatic nitrogens is 1. The average Bonchev–Trinajstić information content (AvgIpc) is 2.17. The molecule has 1 rings (SSSR count). The third kappa shape index (κ3) is 3.27. The Morgan fingerprint density at radius 3 is 2.93 bits per heavy atom. The van der Waals surface area contributed by atoms with E-state index < -0.39 is 0 Å². The maximum atomic E-state index is 5.95. The number of nitrogens with two attached hydrogens (primary N) is 1. The fourth-order valence-corrected chi connectivity index (χ4v) is 1.18. The van der Waals surface area contributed by atoms with Gasteiger partial charge in [0.15, 0.2) is 0 Å². The smallest absolute Gasteiger partial charge is 0.227 e. The number of hydrogen-bond donors (Lipinski definition) is 1. The molecule has 0 aliphatic heterocycles. The predicted molar refractivity (Wildman–Crippen MR) is 60.3 cm³/mol. The Bertz CT molecular complexity index is 302. The largest absolute Gasteiger partial charge is 0.475 e. The van der Waals surface area contributed by atoms with E-state index in [0.29, 0.717) is 12.5 Å². The number of pyridine rings is 1. The number of rotatable bonds is 4. The van der Waals surface area contributed by atoms with Crippen LogP contribution in [0.15, 0.2) is 22.8 Å². The lowest BCUT2D eigenvalue weighted by molar-refractivity contribution is 0.217. The molecular formula is C10H15BrN2O. The molecule has 1 atom stereocenters. The fraction of sp³-hybridized carbons (Fsp3) is 0.500. The molecule has 0 aliphatic rings. The normalized spacial score (nSPS) is 14.9. The monoisotopic (exact) mass is 258 g/mol. The molecule has 0 saturated carbocycles. The molecule has 0 amide bonds. The molecule has 0 fully saturated rings. The van der Waals surface area contributed by atoms with Crippen LogP contribution < -0.4 is 10.5 Å². The maximum Gasteiger partial charge on any atom is 0.227 e. The van der Waals surface area contributed by atoms with Crippen LogP contribution in [-0.2, 0) is 0 Å². The summed E-state index contributed by atoms with van der Waals surface area (Å²) in [6, 6.07) is 3.74. The lowest BCUT2D eigenvalue weighted by Gasteiger charge is -2.22. The lowest BCUT2D eigenvalue weighted by Crippen LogP contribution is -2.41. The van der Waals surface area contributed by atoms with E-state index >= 15 is 0 Å². The van der Waals surface area contributed by atoms with Crippen LogP contribution in [0.25, 0.3) is 0 Å². The highest BCUT2D eigenvalue weighted by Gasteiger charge is 2.17. The molecule has 1 aromatic rings. The first-order valence-electron chi connectivity index (χ1n) is 4.57. The number of ether oxygens (including phenoxy) is 1. The van der Waals surface area contributed by atoms with Gasteiger partial charge in [-0.25, -0.2) is 4.98 Å². The van der Waals surface area contributed by atoms with Crippen molar-refractivity contribution in [3.8, 4) is 5.88 Å². The quantitative estimate of drug-likeness (QED) is 0.902. The summed E-state index contributed by atoms with van der Waals surface area (Å²) < 4.78 is 6.36. The summed E-state index contributed by atoms with van der Waals surface area (Å²) in [5, 5.41) is 0. The highest BCUT2D eigenvalue weighted by Crippen LogP contribution is 2.21. The van der Waals surface area contributed by atoms with E-state index in [0.717, 1.165) is 10.9 Å². The van der Waals surface area contributed by atoms with Gasteiger partial charge in [0.05, 0.1) is 4.47 Å². The molecule has 0 bridgehead atoms. The van der Waals surface area contributed by atoms with Gasteiger partial charge in [0.25, 0.3) is 0 Å². The molecule has 3 nitrogen and oxygen atoms in total. The molecule has 1 heterocycles. The first-order chi connectivity index (χ1) is 6.55. The van der Waals surface area contributed by atoms with Crippen LogP contribution in [-0.4, -0.2) is 17.1 Å². The van der Waals surface area contributed by atoms with Crippen LogP contribution in [0.1, 0.15) is 20.3 Å². The van der Waals surface area contributed by atoms with E-state index in [1.807, 2.05) is 26.0 Å². The first kappa shape index (κ1) is 11.5. The maximum absolute atomic E-state index is 5.95. The molecule has 78 valence electrons. The first-order valence-corrected chi connectivity index (χ1v) is 5.36. The minimum atomic E-state index is -0.295. The third-order valence-electron chi connectivity index (χ3n) is 2.07. The Morgan fingerprint density at radius 2 is 2.36 bits per heavy atom. The van der Waals surface area contributed by atoms with Crippen molar-refractivity contribution in [1.82, 2.24) is 4.98 Å². The van der Waals surface area contributed by atoms with Crippen LogP contribution in [0, 0.1) is 0 Å². The van der Waals surface area contributed by atoms with Crippen molar-refractivity contribution in [2.24, 2.45) is 5.73 Å². The van der Waals surface area contributed by atoms with E-state index in [4.69, 9.17) is 10.5 Å². The van der Waals surface area contributed by atoms with Crippen LogP contribution in [0.4, 0.5) is 0 Å². The molecule has 0 aliphatic carbocycles. The van der Waals surface area contributed by atoms with Gasteiger partial charge >= 0.3 is 0 Å². The molecule has 1 unspecified atom stereocenters. The van der Waals surface area contributed by atoms with Gasteiger partial charge in [0.2, 0.25) is 5.88 Å². The Kier molecular flexibility index (Phi) is 3.89. The van der Waals surface area contributed by atoms with E-state index in [2.05, 4.69) is 20.9 Å². The second kappa shape index (κ2) is 4.75. The summed E-state index contributed by atoms with van der Waals surface area (Å²) in [5.74, 6) is 0.595. The van der Waals surface area contributed by atoms with Crippen molar-refractivity contribution in [2.75, 3.05) is 6.61 Å². The summed E-state index contributed by atoms with van der Waals surface area (Å²) in [6.45, 7) is 4.47. The zero-order valence-corrected chi connectivity index (χ0v) is 10.0. The standard InChI is InChI=1S/C10H15BrN2O/c1-3-10(2,12)7-14-9-8(11)5-4-6-13-9/h4-6H,3,7,12H2,1-2H3. The van der Waals surface area contributed by atoms with E-state index in [1.165, 1.54) is 0 Å². The molecule has 0 spiro atoms. The molecule has 14 heavy (non-hydrogen) atoms. The van der Waals surface area contributed by atoms with Crippen LogP contribution in [0.3, 0.4) is 0 Å². The predicted octanol–water partition coefficient (Wildman–Crippen LogP) is 2.35. The zero-order chi connectivity index (χ0) is 10.6. The Hall–Kier alpha value is -0.610. The molecule has 0 radical (unpaired) electrons. The lowest BCUT2D eigenvalue weighted by atomic mass is 10.0. The van der Waals surface area contributed by atoms with Gasteiger partial charge in [-0.3, -0.25) is 0 Å². The van der Waals surface area contributed by atoms with Gasteiger partial charge in [-0.15, -0.1) is 0 Å². The van der Waals surface area contributed by atoms with Gasteiger partial charge in [-0.2, -0.15) is 0 Å². The van der Waals surface area contributed by atoms with Crippen molar-refractivity contribution in [1.29, 1.82) is 0 Å².